The number of aliphatic imine (C=N–C) groups is 1. The van der Waals surface area contributed by atoms with Gasteiger partial charge in [-0.15, -0.1) is 0 Å². The average Bonchev–Trinajstić information content (AvgIpc) is 3.08. The molecule has 2 atom stereocenters. The van der Waals surface area contributed by atoms with Crippen LogP contribution in [0, 0.1) is 17.6 Å². The highest BCUT2D eigenvalue weighted by atomic mass is 32.2. The maximum absolute atomic E-state index is 14.2. The molecule has 11 heteroatoms. The Morgan fingerprint density at radius 1 is 1.21 bits per heavy atom. The van der Waals surface area contributed by atoms with Crippen LogP contribution in [0.5, 0.6) is 11.8 Å². The number of halogens is 2. The lowest BCUT2D eigenvalue weighted by molar-refractivity contribution is 0.327. The van der Waals surface area contributed by atoms with Crippen LogP contribution in [0.25, 0.3) is 0 Å². The van der Waals surface area contributed by atoms with Crippen LogP contribution < -0.4 is 20.1 Å². The zero-order chi connectivity index (χ0) is 19.9. The first kappa shape index (κ1) is 18.7. The summed E-state index contributed by atoms with van der Waals surface area (Å²) in [6.07, 6.45) is 1.16. The summed E-state index contributed by atoms with van der Waals surface area (Å²) >= 11 is 1.45. The smallest absolute Gasteiger partial charge is 0.259 e. The molecule has 148 valence electrons. The first-order valence-electron chi connectivity index (χ1n) is 8.47. The van der Waals surface area contributed by atoms with Gasteiger partial charge in [-0.05, 0) is 12.1 Å². The van der Waals surface area contributed by atoms with Crippen molar-refractivity contribution in [3.63, 3.8) is 0 Å². The Labute approximate surface area is 164 Å². The lowest BCUT2D eigenvalue weighted by atomic mass is 9.85. The highest BCUT2D eigenvalue weighted by Crippen LogP contribution is 2.45. The predicted molar refractivity (Wildman–Crippen MR) is 101 cm³/mol. The Morgan fingerprint density at radius 3 is 2.54 bits per heavy atom. The van der Waals surface area contributed by atoms with E-state index in [9.17, 15) is 8.78 Å². The van der Waals surface area contributed by atoms with Crippen molar-refractivity contribution in [1.29, 1.82) is 0 Å². The minimum atomic E-state index is -0.766. The summed E-state index contributed by atoms with van der Waals surface area (Å²) in [5.74, 6) is -0.604. The quantitative estimate of drug-likeness (QED) is 0.814. The molecule has 2 N–H and O–H groups in total. The van der Waals surface area contributed by atoms with Gasteiger partial charge in [0.15, 0.2) is 5.17 Å². The van der Waals surface area contributed by atoms with E-state index in [-0.39, 0.29) is 23.6 Å². The molecule has 0 spiro atoms. The van der Waals surface area contributed by atoms with E-state index in [0.717, 1.165) is 6.20 Å². The number of aromatic nitrogens is 3. The van der Waals surface area contributed by atoms with Crippen LogP contribution in [-0.4, -0.2) is 53.2 Å². The summed E-state index contributed by atoms with van der Waals surface area (Å²) in [6, 6.07) is 2.97. The van der Waals surface area contributed by atoms with Crippen molar-refractivity contribution in [2.45, 2.75) is 5.54 Å². The van der Waals surface area contributed by atoms with Crippen LogP contribution >= 0.6 is 11.8 Å². The van der Waals surface area contributed by atoms with Crippen LogP contribution in [-0.2, 0) is 5.54 Å². The number of hydrogen-bond acceptors (Lipinski definition) is 9. The number of amidine groups is 1. The zero-order valence-corrected chi connectivity index (χ0v) is 16.0. The standard InChI is InChI=1S/C17H18F2N6O2S/c1-26-13-12(19)14(27-2)23-16(22-13)25-6-9-7-28-15(20)24-17(9,8-25)11-4-3-10(18)5-21-11/h3-5,9H,6-8H2,1-2H3,(H2,20,24). The second kappa shape index (κ2) is 7.04. The fourth-order valence-electron chi connectivity index (χ4n) is 3.57. The van der Waals surface area contributed by atoms with Gasteiger partial charge in [-0.2, -0.15) is 14.4 Å². The van der Waals surface area contributed by atoms with Gasteiger partial charge in [0.05, 0.1) is 32.7 Å². The molecule has 8 nitrogen and oxygen atoms in total. The highest BCUT2D eigenvalue weighted by Gasteiger charge is 2.52. The normalized spacial score (nSPS) is 23.9. The number of hydrogen-bond donors (Lipinski definition) is 1. The van der Waals surface area contributed by atoms with Gasteiger partial charge in [-0.1, -0.05) is 11.8 Å². The van der Waals surface area contributed by atoms with Crippen molar-refractivity contribution in [3.05, 3.63) is 35.7 Å². The Balaban J connectivity index is 1.77. The van der Waals surface area contributed by atoms with E-state index in [1.54, 1.807) is 6.07 Å². The van der Waals surface area contributed by atoms with Gasteiger partial charge in [0.25, 0.3) is 11.8 Å². The topological polar surface area (TPSA) is 98.8 Å². The Hall–Kier alpha value is -2.69. The molecule has 0 bridgehead atoms. The van der Waals surface area contributed by atoms with Crippen LogP contribution in [0.15, 0.2) is 23.3 Å². The van der Waals surface area contributed by atoms with E-state index in [1.807, 2.05) is 4.90 Å². The molecule has 1 fully saturated rings. The SMILES string of the molecule is COc1nc(N2CC3CSC(N)=NC3(c3ccc(F)cn3)C2)nc(OC)c1F. The molecular formula is C17H18F2N6O2S. The first-order valence-corrected chi connectivity index (χ1v) is 9.46. The molecule has 0 saturated carbocycles. The number of fused-ring (bicyclic) bond motifs is 1. The van der Waals surface area contributed by atoms with Gasteiger partial charge < -0.3 is 20.1 Å². The number of ether oxygens (including phenoxy) is 2. The molecule has 2 aliphatic heterocycles. The third-order valence-corrected chi connectivity index (χ3v) is 5.87. The molecule has 0 radical (unpaired) electrons. The number of nitrogens with zero attached hydrogens (tertiary/aromatic N) is 5. The third-order valence-electron chi connectivity index (χ3n) is 4.91. The van der Waals surface area contributed by atoms with E-state index in [2.05, 4.69) is 15.0 Å². The van der Waals surface area contributed by atoms with E-state index in [0.29, 0.717) is 29.7 Å². The van der Waals surface area contributed by atoms with Crippen molar-refractivity contribution >= 4 is 22.9 Å². The van der Waals surface area contributed by atoms with Crippen molar-refractivity contribution in [2.75, 3.05) is 38.0 Å². The third kappa shape index (κ3) is 2.99. The monoisotopic (exact) mass is 408 g/mol. The molecule has 0 aliphatic carbocycles. The molecule has 2 aromatic rings. The molecular weight excluding hydrogens is 390 g/mol. The van der Waals surface area contributed by atoms with Crippen LogP contribution in [0.1, 0.15) is 5.69 Å². The zero-order valence-electron chi connectivity index (χ0n) is 15.2. The first-order chi connectivity index (χ1) is 13.5. The lowest BCUT2D eigenvalue weighted by Gasteiger charge is -2.33. The van der Waals surface area contributed by atoms with Gasteiger partial charge >= 0.3 is 0 Å². The Morgan fingerprint density at radius 2 is 1.93 bits per heavy atom. The predicted octanol–water partition coefficient (Wildman–Crippen LogP) is 1.56. The van der Waals surface area contributed by atoms with Crippen molar-refractivity contribution in [1.82, 2.24) is 15.0 Å². The second-order valence-electron chi connectivity index (χ2n) is 6.48. The van der Waals surface area contributed by atoms with E-state index < -0.39 is 17.2 Å². The molecule has 2 unspecified atom stereocenters. The van der Waals surface area contributed by atoms with Crippen molar-refractivity contribution in [3.8, 4) is 11.8 Å². The van der Waals surface area contributed by atoms with Gasteiger partial charge in [-0.3, -0.25) is 4.98 Å². The fourth-order valence-corrected chi connectivity index (χ4v) is 4.55. The fraction of sp³-hybridized carbons (Fsp3) is 0.412. The maximum atomic E-state index is 14.2. The Bertz CT molecular complexity index is 903. The molecule has 1 saturated heterocycles. The lowest BCUT2D eigenvalue weighted by Crippen LogP contribution is -2.40. The van der Waals surface area contributed by atoms with Gasteiger partial charge in [-0.25, -0.2) is 9.38 Å². The molecule has 4 heterocycles. The largest absolute Gasteiger partial charge is 0.479 e. The van der Waals surface area contributed by atoms with Gasteiger partial charge in [0.2, 0.25) is 11.8 Å². The summed E-state index contributed by atoms with van der Waals surface area (Å²) in [5.41, 5.74) is 5.86. The minimum absolute atomic E-state index is 0.0356. The Kier molecular flexibility index (Phi) is 4.69. The van der Waals surface area contributed by atoms with E-state index in [1.165, 1.54) is 32.0 Å². The van der Waals surface area contributed by atoms with Crippen molar-refractivity contribution < 1.29 is 18.3 Å². The number of rotatable bonds is 4. The molecule has 0 aromatic carbocycles. The number of thioether (sulfide) groups is 1. The van der Waals surface area contributed by atoms with Crippen LogP contribution in [0.4, 0.5) is 14.7 Å². The summed E-state index contributed by atoms with van der Waals surface area (Å²) in [7, 11) is 2.65. The highest BCUT2D eigenvalue weighted by molar-refractivity contribution is 8.13. The minimum Gasteiger partial charge on any atom is -0.479 e. The molecule has 2 aliphatic rings. The van der Waals surface area contributed by atoms with E-state index in [4.69, 9.17) is 20.2 Å². The van der Waals surface area contributed by atoms with Gasteiger partial charge in [0.1, 0.15) is 11.4 Å². The average molecular weight is 408 g/mol. The number of anilines is 1. The number of methoxy groups -OCH3 is 2. The van der Waals surface area contributed by atoms with Crippen molar-refractivity contribution in [2.24, 2.45) is 16.6 Å². The summed E-state index contributed by atoms with van der Waals surface area (Å²) in [6.45, 7) is 0.899. The summed E-state index contributed by atoms with van der Waals surface area (Å²) in [4.78, 5) is 19.1. The number of pyridine rings is 1. The van der Waals surface area contributed by atoms with Gasteiger partial charge in [0, 0.05) is 18.2 Å². The van der Waals surface area contributed by atoms with Crippen LogP contribution in [0.2, 0.25) is 0 Å². The van der Waals surface area contributed by atoms with Crippen LogP contribution in [0.3, 0.4) is 0 Å². The summed E-state index contributed by atoms with van der Waals surface area (Å²) in [5, 5.41) is 0.444. The molecule has 28 heavy (non-hydrogen) atoms. The summed E-state index contributed by atoms with van der Waals surface area (Å²) < 4.78 is 37.6. The second-order valence-corrected chi connectivity index (χ2v) is 7.52. The number of nitrogens with two attached hydrogens (primary N) is 1. The molecule has 2 aromatic heterocycles. The molecule has 4 rings (SSSR count). The van der Waals surface area contributed by atoms with E-state index >= 15 is 0 Å². The molecule has 0 amide bonds. The maximum Gasteiger partial charge on any atom is 0.259 e.